The van der Waals surface area contributed by atoms with Crippen molar-refractivity contribution < 1.29 is 18.4 Å². The minimum absolute atomic E-state index is 0.0357. The molecule has 6 atom stereocenters. The first-order chi connectivity index (χ1) is 15.0. The fraction of sp³-hybridized carbons (Fsp3) is 0.417. The van der Waals surface area contributed by atoms with Gasteiger partial charge in [-0.15, -0.1) is 0 Å². The molecule has 2 amide bonds. The summed E-state index contributed by atoms with van der Waals surface area (Å²) in [4.78, 5) is 25.7. The van der Waals surface area contributed by atoms with Crippen LogP contribution in [0.5, 0.6) is 0 Å². The predicted molar refractivity (Wildman–Crippen MR) is 111 cm³/mol. The standard InChI is InChI=1S/C24H25F2N3O2/c25-15-5-1-13(2-6-15)17-9-21(17)28-23(30)19-11-27-12-20(19)24(31)29-22-10-18(22)14-3-7-16(26)8-4-14/h1-8,17-22,27H,9-12H2,(H,28,30)(H,29,31)/t17-,18-,19?,20?,21+,22+/m1/s1. The smallest absolute Gasteiger partial charge is 0.225 e. The summed E-state index contributed by atoms with van der Waals surface area (Å²) >= 11 is 0. The van der Waals surface area contributed by atoms with E-state index in [0.29, 0.717) is 13.1 Å². The van der Waals surface area contributed by atoms with Gasteiger partial charge in [0.15, 0.2) is 0 Å². The number of carbonyl (C=O) groups is 2. The molecule has 1 saturated heterocycles. The van der Waals surface area contributed by atoms with Gasteiger partial charge in [-0.3, -0.25) is 9.59 Å². The summed E-state index contributed by atoms with van der Waals surface area (Å²) in [5, 5.41) is 9.29. The molecule has 3 aliphatic rings. The van der Waals surface area contributed by atoms with Crippen molar-refractivity contribution in [1.82, 2.24) is 16.0 Å². The summed E-state index contributed by atoms with van der Waals surface area (Å²) in [5.74, 6) is -1.16. The molecule has 2 aliphatic carbocycles. The Kier molecular flexibility index (Phi) is 5.22. The third-order valence-electron chi connectivity index (χ3n) is 6.72. The topological polar surface area (TPSA) is 70.2 Å². The van der Waals surface area contributed by atoms with E-state index >= 15 is 0 Å². The van der Waals surface area contributed by atoms with Crippen LogP contribution in [0.4, 0.5) is 8.78 Å². The Morgan fingerprint density at radius 1 is 0.710 bits per heavy atom. The highest BCUT2D eigenvalue weighted by Crippen LogP contribution is 2.42. The van der Waals surface area contributed by atoms with Crippen molar-refractivity contribution in [3.05, 3.63) is 71.3 Å². The number of amides is 2. The van der Waals surface area contributed by atoms with Crippen LogP contribution >= 0.6 is 0 Å². The zero-order valence-electron chi connectivity index (χ0n) is 17.0. The van der Waals surface area contributed by atoms with Crippen LogP contribution in [-0.2, 0) is 9.59 Å². The number of hydrogen-bond donors (Lipinski definition) is 3. The van der Waals surface area contributed by atoms with Gasteiger partial charge in [-0.1, -0.05) is 24.3 Å². The van der Waals surface area contributed by atoms with Gasteiger partial charge >= 0.3 is 0 Å². The molecule has 2 aromatic carbocycles. The van der Waals surface area contributed by atoms with Crippen molar-refractivity contribution in [1.29, 1.82) is 0 Å². The van der Waals surface area contributed by atoms with E-state index in [4.69, 9.17) is 0 Å². The van der Waals surface area contributed by atoms with Gasteiger partial charge in [-0.05, 0) is 48.2 Å². The van der Waals surface area contributed by atoms with Crippen LogP contribution in [-0.4, -0.2) is 37.0 Å². The van der Waals surface area contributed by atoms with Crippen molar-refractivity contribution in [3.63, 3.8) is 0 Å². The number of rotatable bonds is 6. The van der Waals surface area contributed by atoms with Crippen LogP contribution in [0.3, 0.4) is 0 Å². The van der Waals surface area contributed by atoms with E-state index < -0.39 is 11.8 Å². The largest absolute Gasteiger partial charge is 0.352 e. The molecule has 1 aliphatic heterocycles. The molecule has 0 spiro atoms. The van der Waals surface area contributed by atoms with E-state index in [-0.39, 0.29) is 47.4 Å². The van der Waals surface area contributed by atoms with E-state index in [1.807, 2.05) is 0 Å². The molecule has 2 aromatic rings. The lowest BCUT2D eigenvalue weighted by molar-refractivity contribution is -0.133. The summed E-state index contributed by atoms with van der Waals surface area (Å²) in [6.07, 6.45) is 1.66. The SMILES string of the molecule is O=C(N[C@H]1C[C@@H]1c1ccc(F)cc1)C1CNCC1C(=O)N[C@H]1C[C@@H]1c1ccc(F)cc1. The minimum Gasteiger partial charge on any atom is -0.352 e. The number of nitrogens with one attached hydrogen (secondary N) is 3. The quantitative estimate of drug-likeness (QED) is 0.666. The lowest BCUT2D eigenvalue weighted by Gasteiger charge is -2.18. The van der Waals surface area contributed by atoms with E-state index in [0.717, 1.165) is 24.0 Å². The van der Waals surface area contributed by atoms with Gasteiger partial charge in [0.05, 0.1) is 11.8 Å². The van der Waals surface area contributed by atoms with Crippen LogP contribution in [0.25, 0.3) is 0 Å². The summed E-state index contributed by atoms with van der Waals surface area (Å²) in [6.45, 7) is 0.952. The first-order valence-corrected chi connectivity index (χ1v) is 10.8. The minimum atomic E-state index is -0.405. The maximum absolute atomic E-state index is 13.1. The Labute approximate surface area is 179 Å². The second-order valence-electron chi connectivity index (χ2n) is 8.89. The van der Waals surface area contributed by atoms with Gasteiger partial charge in [0, 0.05) is 37.0 Å². The maximum Gasteiger partial charge on any atom is 0.225 e. The highest BCUT2D eigenvalue weighted by atomic mass is 19.1. The molecule has 5 nitrogen and oxygen atoms in total. The van der Waals surface area contributed by atoms with E-state index in [9.17, 15) is 18.4 Å². The van der Waals surface area contributed by atoms with Gasteiger partial charge < -0.3 is 16.0 Å². The number of hydrogen-bond acceptors (Lipinski definition) is 3. The van der Waals surface area contributed by atoms with E-state index in [2.05, 4.69) is 16.0 Å². The molecule has 31 heavy (non-hydrogen) atoms. The molecule has 3 fully saturated rings. The molecular weight excluding hydrogens is 400 g/mol. The molecule has 5 rings (SSSR count). The fourth-order valence-corrected chi connectivity index (χ4v) is 4.68. The van der Waals surface area contributed by atoms with Crippen LogP contribution < -0.4 is 16.0 Å². The molecular formula is C24H25F2N3O2. The fourth-order valence-electron chi connectivity index (χ4n) is 4.68. The number of halogens is 2. The molecule has 0 bridgehead atoms. The molecule has 0 aromatic heterocycles. The van der Waals surface area contributed by atoms with Gasteiger partial charge in [-0.2, -0.15) is 0 Å². The second-order valence-corrected chi connectivity index (χ2v) is 8.89. The van der Waals surface area contributed by atoms with E-state index in [1.54, 1.807) is 24.3 Å². The maximum atomic E-state index is 13.1. The average Bonchev–Trinajstić information content (AvgIpc) is 3.64. The third-order valence-corrected chi connectivity index (χ3v) is 6.72. The van der Waals surface area contributed by atoms with Crippen molar-refractivity contribution >= 4 is 11.8 Å². The predicted octanol–water partition coefficient (Wildman–Crippen LogP) is 2.44. The second kappa shape index (κ2) is 8.04. The Morgan fingerprint density at radius 3 is 1.48 bits per heavy atom. The molecule has 2 saturated carbocycles. The Balaban J connectivity index is 1.14. The highest BCUT2D eigenvalue weighted by Gasteiger charge is 2.46. The highest BCUT2D eigenvalue weighted by molar-refractivity contribution is 5.89. The summed E-state index contributed by atoms with van der Waals surface area (Å²) in [7, 11) is 0. The molecule has 1 heterocycles. The summed E-state index contributed by atoms with van der Waals surface area (Å²) in [6, 6.07) is 12.8. The zero-order valence-corrected chi connectivity index (χ0v) is 17.0. The van der Waals surface area contributed by atoms with Crippen LogP contribution in [0, 0.1) is 23.5 Å². The summed E-state index contributed by atoms with van der Waals surface area (Å²) in [5.41, 5.74) is 2.04. The first kappa shape index (κ1) is 20.1. The molecule has 3 N–H and O–H groups in total. The Bertz CT molecular complexity index is 900. The van der Waals surface area contributed by atoms with Gasteiger partial charge in [0.2, 0.25) is 11.8 Å². The average molecular weight is 425 g/mol. The molecule has 162 valence electrons. The van der Waals surface area contributed by atoms with Gasteiger partial charge in [0.25, 0.3) is 0 Å². The Morgan fingerprint density at radius 2 is 1.10 bits per heavy atom. The lowest BCUT2D eigenvalue weighted by atomic mass is 9.94. The van der Waals surface area contributed by atoms with Crippen LogP contribution in [0.15, 0.2) is 48.5 Å². The molecule has 2 unspecified atom stereocenters. The zero-order chi connectivity index (χ0) is 21.5. The van der Waals surface area contributed by atoms with Crippen LogP contribution in [0.2, 0.25) is 0 Å². The van der Waals surface area contributed by atoms with Gasteiger partial charge in [-0.25, -0.2) is 8.78 Å². The first-order valence-electron chi connectivity index (χ1n) is 10.8. The Hall–Kier alpha value is -2.80. The van der Waals surface area contributed by atoms with Crippen molar-refractivity contribution in [2.45, 2.75) is 36.8 Å². The normalized spacial score (nSPS) is 31.2. The van der Waals surface area contributed by atoms with Crippen molar-refractivity contribution in [2.24, 2.45) is 11.8 Å². The van der Waals surface area contributed by atoms with Crippen molar-refractivity contribution in [2.75, 3.05) is 13.1 Å². The lowest BCUT2D eigenvalue weighted by Crippen LogP contribution is -2.43. The number of benzene rings is 2. The van der Waals surface area contributed by atoms with Crippen molar-refractivity contribution in [3.8, 4) is 0 Å². The number of carbonyl (C=O) groups excluding carboxylic acids is 2. The third kappa shape index (κ3) is 4.32. The van der Waals surface area contributed by atoms with Gasteiger partial charge in [0.1, 0.15) is 11.6 Å². The monoisotopic (exact) mass is 425 g/mol. The van der Waals surface area contributed by atoms with E-state index in [1.165, 1.54) is 24.3 Å². The van der Waals surface area contributed by atoms with Crippen LogP contribution in [0.1, 0.15) is 35.8 Å². The molecule has 0 radical (unpaired) electrons. The molecule has 7 heteroatoms. The summed E-state index contributed by atoms with van der Waals surface area (Å²) < 4.78 is 26.2.